The highest BCUT2D eigenvalue weighted by Gasteiger charge is 2.55. The van der Waals surface area contributed by atoms with Crippen molar-refractivity contribution in [3.05, 3.63) is 53.1 Å². The van der Waals surface area contributed by atoms with Gasteiger partial charge in [-0.15, -0.1) is 0 Å². The number of aliphatic hydroxyl groups is 1. The second-order valence-electron chi connectivity index (χ2n) is 8.26. The minimum absolute atomic E-state index is 0.147. The number of benzene rings is 2. The van der Waals surface area contributed by atoms with Gasteiger partial charge in [-0.25, -0.2) is 8.42 Å². The Balaban J connectivity index is 2.07. The molecule has 0 radical (unpaired) electrons. The van der Waals surface area contributed by atoms with Crippen LogP contribution in [0, 0.1) is 0 Å². The van der Waals surface area contributed by atoms with Crippen molar-refractivity contribution in [1.29, 1.82) is 0 Å². The van der Waals surface area contributed by atoms with Gasteiger partial charge in [0, 0.05) is 17.8 Å². The number of nitrogens with zero attached hydrogens (tertiary/aromatic N) is 1. The Bertz CT molecular complexity index is 1200. The molecule has 0 heterocycles. The Morgan fingerprint density at radius 3 is 2.22 bits per heavy atom. The summed E-state index contributed by atoms with van der Waals surface area (Å²) in [4.78, 5) is 25.7. The molecule has 198 valence electrons. The zero-order valence-electron chi connectivity index (χ0n) is 19.6. The fraction of sp³-hybridized carbons (Fsp3) is 0.364. The molecule has 0 saturated carbocycles. The van der Waals surface area contributed by atoms with E-state index in [1.54, 1.807) is 0 Å². The van der Waals surface area contributed by atoms with Crippen molar-refractivity contribution in [3.8, 4) is 0 Å². The summed E-state index contributed by atoms with van der Waals surface area (Å²) in [6, 6.07) is 8.60. The fourth-order valence-electron chi connectivity index (χ4n) is 2.74. The molecule has 0 spiro atoms. The number of nitrogens with one attached hydrogen (secondary N) is 3. The molecular formula is C22H26ClF3N4O5S. The zero-order chi connectivity index (χ0) is 27.3. The van der Waals surface area contributed by atoms with Crippen molar-refractivity contribution in [3.63, 3.8) is 0 Å². The predicted octanol–water partition coefficient (Wildman–Crippen LogP) is 3.07. The molecule has 14 heteroatoms. The van der Waals surface area contributed by atoms with Crippen LogP contribution in [-0.2, 0) is 14.8 Å². The highest BCUT2D eigenvalue weighted by Crippen LogP contribution is 2.33. The lowest BCUT2D eigenvalue weighted by Gasteiger charge is -2.25. The van der Waals surface area contributed by atoms with Crippen molar-refractivity contribution < 1.29 is 36.3 Å². The summed E-state index contributed by atoms with van der Waals surface area (Å²) in [7, 11) is -0.328. The van der Waals surface area contributed by atoms with Crippen molar-refractivity contribution in [2.24, 2.45) is 0 Å². The number of sulfonamides is 1. The number of carbonyl (C=O) groups is 2. The number of anilines is 2. The number of hydrogen-bond donors (Lipinski definition) is 4. The molecule has 0 fully saturated rings. The fourth-order valence-corrected chi connectivity index (χ4v) is 4.12. The Kier molecular flexibility index (Phi) is 9.34. The highest BCUT2D eigenvalue weighted by molar-refractivity contribution is 7.92. The second kappa shape index (κ2) is 11.5. The lowest BCUT2D eigenvalue weighted by molar-refractivity contribution is -0.242. The first-order valence-electron chi connectivity index (χ1n) is 10.5. The molecule has 0 bridgehead atoms. The topological polar surface area (TPSA) is 128 Å². The maximum absolute atomic E-state index is 12.8. The molecule has 1 atom stereocenters. The maximum Gasteiger partial charge on any atom is 0.426 e. The van der Waals surface area contributed by atoms with Gasteiger partial charge in [-0.1, -0.05) is 11.6 Å². The smallest absolute Gasteiger partial charge is 0.373 e. The van der Waals surface area contributed by atoms with Gasteiger partial charge in [0.05, 0.1) is 15.6 Å². The Morgan fingerprint density at radius 2 is 1.69 bits per heavy atom. The van der Waals surface area contributed by atoms with E-state index < -0.39 is 27.7 Å². The van der Waals surface area contributed by atoms with Crippen LogP contribution in [0.5, 0.6) is 0 Å². The standard InChI is InChI=1S/C22H26ClF3N4O5S/c1-21(33,22(24,25)26)20(32)28-18-10-9-16(13-17(18)23)36(34,35)29-15-7-5-14(6-8-15)19(31)27-11-4-12-30(2)3/h5-10,13,29,33H,4,11-12H2,1-3H3,(H,27,31)(H,28,32)/t21-/m1/s1. The zero-order valence-corrected chi connectivity index (χ0v) is 21.2. The summed E-state index contributed by atoms with van der Waals surface area (Å²) in [6.45, 7) is 1.57. The summed E-state index contributed by atoms with van der Waals surface area (Å²) < 4.78 is 66.2. The van der Waals surface area contributed by atoms with Crippen molar-refractivity contribution in [2.45, 2.75) is 30.0 Å². The summed E-state index contributed by atoms with van der Waals surface area (Å²) in [6.07, 6.45) is -4.47. The molecule has 2 aromatic rings. The van der Waals surface area contributed by atoms with E-state index in [1.165, 1.54) is 24.3 Å². The monoisotopic (exact) mass is 550 g/mol. The van der Waals surface area contributed by atoms with Crippen molar-refractivity contribution in [1.82, 2.24) is 10.2 Å². The SMILES string of the molecule is CN(C)CCCNC(=O)c1ccc(NS(=O)(=O)c2ccc(NC(=O)[C@@](C)(O)C(F)(F)F)c(Cl)c2)cc1. The third kappa shape index (κ3) is 7.56. The lowest BCUT2D eigenvalue weighted by Crippen LogP contribution is -2.52. The first kappa shape index (κ1) is 29.4. The molecule has 4 N–H and O–H groups in total. The van der Waals surface area contributed by atoms with Crippen LogP contribution in [0.3, 0.4) is 0 Å². The minimum Gasteiger partial charge on any atom is -0.373 e. The summed E-state index contributed by atoms with van der Waals surface area (Å²) in [5.41, 5.74) is -3.53. The first-order chi connectivity index (χ1) is 16.5. The molecular weight excluding hydrogens is 525 g/mol. The molecule has 2 rings (SSSR count). The first-order valence-corrected chi connectivity index (χ1v) is 12.4. The Morgan fingerprint density at radius 1 is 1.08 bits per heavy atom. The third-order valence-corrected chi connectivity index (χ3v) is 6.65. The quantitative estimate of drug-likeness (QED) is 0.337. The van der Waals surface area contributed by atoms with Crippen LogP contribution in [0.15, 0.2) is 47.4 Å². The minimum atomic E-state index is -5.24. The average Bonchev–Trinajstić information content (AvgIpc) is 2.77. The number of carbonyl (C=O) groups excluding carboxylic acids is 2. The predicted molar refractivity (Wildman–Crippen MR) is 130 cm³/mol. The molecule has 2 aromatic carbocycles. The molecule has 0 aliphatic heterocycles. The normalized spacial score (nSPS) is 13.7. The molecule has 0 aliphatic rings. The molecule has 0 aliphatic carbocycles. The summed E-state index contributed by atoms with van der Waals surface area (Å²) >= 11 is 5.95. The van der Waals surface area contributed by atoms with Gasteiger partial charge in [-0.05, 0) is 76.4 Å². The summed E-state index contributed by atoms with van der Waals surface area (Å²) in [5.74, 6) is -2.09. The summed E-state index contributed by atoms with van der Waals surface area (Å²) in [5, 5.41) is 13.7. The van der Waals surface area contributed by atoms with E-state index in [9.17, 15) is 36.3 Å². The largest absolute Gasteiger partial charge is 0.426 e. The van der Waals surface area contributed by atoms with Crippen LogP contribution in [-0.4, -0.2) is 69.2 Å². The van der Waals surface area contributed by atoms with Crippen LogP contribution in [0.4, 0.5) is 24.5 Å². The van der Waals surface area contributed by atoms with Gasteiger partial charge in [-0.2, -0.15) is 13.2 Å². The van der Waals surface area contributed by atoms with E-state index in [1.807, 2.05) is 24.3 Å². The second-order valence-corrected chi connectivity index (χ2v) is 10.4. The van der Waals surface area contributed by atoms with Gasteiger partial charge in [0.15, 0.2) is 0 Å². The van der Waals surface area contributed by atoms with E-state index in [0.717, 1.165) is 31.2 Å². The lowest BCUT2D eigenvalue weighted by atomic mass is 10.1. The maximum atomic E-state index is 12.8. The molecule has 0 unspecified atom stereocenters. The van der Waals surface area contributed by atoms with E-state index in [4.69, 9.17) is 11.6 Å². The van der Waals surface area contributed by atoms with Crippen LogP contribution in [0.25, 0.3) is 0 Å². The third-order valence-electron chi connectivity index (χ3n) is 4.96. The van der Waals surface area contributed by atoms with Crippen LogP contribution in [0.1, 0.15) is 23.7 Å². The van der Waals surface area contributed by atoms with E-state index in [0.29, 0.717) is 12.1 Å². The number of amides is 2. The molecule has 36 heavy (non-hydrogen) atoms. The molecule has 0 aromatic heterocycles. The number of rotatable bonds is 10. The molecule has 9 nitrogen and oxygen atoms in total. The number of hydrogen-bond acceptors (Lipinski definition) is 6. The van der Waals surface area contributed by atoms with Crippen LogP contribution >= 0.6 is 11.6 Å². The molecule has 0 saturated heterocycles. The van der Waals surface area contributed by atoms with Gasteiger partial charge in [-0.3, -0.25) is 14.3 Å². The van der Waals surface area contributed by atoms with Gasteiger partial charge >= 0.3 is 6.18 Å². The van der Waals surface area contributed by atoms with Crippen molar-refractivity contribution in [2.75, 3.05) is 37.2 Å². The average molecular weight is 551 g/mol. The Labute approximate surface area is 211 Å². The van der Waals surface area contributed by atoms with Gasteiger partial charge in [0.2, 0.25) is 5.60 Å². The van der Waals surface area contributed by atoms with Crippen molar-refractivity contribution >= 4 is 44.8 Å². The highest BCUT2D eigenvalue weighted by atomic mass is 35.5. The number of halogens is 4. The van der Waals surface area contributed by atoms with Crippen LogP contribution in [0.2, 0.25) is 5.02 Å². The van der Waals surface area contributed by atoms with E-state index in [2.05, 4.69) is 10.0 Å². The Hall–Kier alpha value is -2.87. The van der Waals surface area contributed by atoms with Gasteiger partial charge in [0.1, 0.15) is 0 Å². The van der Waals surface area contributed by atoms with Gasteiger partial charge < -0.3 is 20.6 Å². The number of alkyl halides is 3. The van der Waals surface area contributed by atoms with E-state index >= 15 is 0 Å². The van der Waals surface area contributed by atoms with Gasteiger partial charge in [0.25, 0.3) is 21.8 Å². The van der Waals surface area contributed by atoms with E-state index in [-0.39, 0.29) is 34.1 Å². The van der Waals surface area contributed by atoms with Crippen LogP contribution < -0.4 is 15.4 Å². The molecule has 2 amide bonds.